The van der Waals surface area contributed by atoms with Crippen molar-refractivity contribution in [2.45, 2.75) is 19.8 Å². The number of pyridine rings is 1. The number of imidazole rings is 1. The van der Waals surface area contributed by atoms with E-state index < -0.39 is 5.91 Å². The second-order valence-corrected chi connectivity index (χ2v) is 9.22. The number of carbonyl (C=O) groups excluding carboxylic acids is 1. The van der Waals surface area contributed by atoms with Crippen LogP contribution in [0, 0.1) is 12.8 Å². The lowest BCUT2D eigenvalue weighted by molar-refractivity contribution is 0.0270. The number of aryl methyl sites for hydroxylation is 1. The molecule has 5 rings (SSSR count). The molecule has 2 aromatic heterocycles. The first-order valence-corrected chi connectivity index (χ1v) is 11.7. The number of aromatic nitrogens is 2. The Hall–Kier alpha value is -2.52. The number of anilines is 3. The fourth-order valence-corrected chi connectivity index (χ4v) is 4.38. The van der Waals surface area contributed by atoms with Gasteiger partial charge in [-0.15, -0.1) is 0 Å². The predicted molar refractivity (Wildman–Crippen MR) is 129 cm³/mol. The second-order valence-electron chi connectivity index (χ2n) is 8.44. The standard InChI is InChI=1S/C23H25Cl2N5O3/c1-14-2-5-18(17(24)10-14)27-21-16(23(31)28-33-13-15-3-4-15)12-30-19(11-26-22(30)20(21)25)29-6-8-32-9-7-29/h2,5,10-12,15,27H,3-4,6-9,13H2,1H3,(H,28,31). The number of nitrogens with zero attached hydrogens (tertiary/aromatic N) is 3. The largest absolute Gasteiger partial charge is 0.378 e. The molecule has 2 N–H and O–H groups in total. The molecule has 0 bridgehead atoms. The molecule has 1 aliphatic heterocycles. The number of fused-ring (bicyclic) bond motifs is 1. The predicted octanol–water partition coefficient (Wildman–Crippen LogP) is 4.60. The minimum absolute atomic E-state index is 0.320. The summed E-state index contributed by atoms with van der Waals surface area (Å²) in [6.45, 7) is 5.19. The lowest BCUT2D eigenvalue weighted by Crippen LogP contribution is -2.37. The summed E-state index contributed by atoms with van der Waals surface area (Å²) in [6.07, 6.45) is 5.76. The van der Waals surface area contributed by atoms with Gasteiger partial charge in [0, 0.05) is 19.3 Å². The van der Waals surface area contributed by atoms with E-state index in [4.69, 9.17) is 32.8 Å². The molecule has 0 spiro atoms. The van der Waals surface area contributed by atoms with Gasteiger partial charge >= 0.3 is 0 Å². The highest BCUT2D eigenvalue weighted by Gasteiger charge is 2.25. The molecule has 10 heteroatoms. The number of hydrogen-bond acceptors (Lipinski definition) is 6. The van der Waals surface area contributed by atoms with Gasteiger partial charge in [0.05, 0.1) is 48.0 Å². The summed E-state index contributed by atoms with van der Waals surface area (Å²) in [5.41, 5.74) is 5.52. The first kappa shape index (κ1) is 22.3. The van der Waals surface area contributed by atoms with Crippen LogP contribution in [0.2, 0.25) is 10.0 Å². The van der Waals surface area contributed by atoms with Crippen molar-refractivity contribution in [1.29, 1.82) is 0 Å². The SMILES string of the molecule is Cc1ccc(Nc2c(C(=O)NOCC3CC3)cn3c(N4CCOCC4)cnc3c2Cl)c(Cl)c1. The van der Waals surface area contributed by atoms with Gasteiger partial charge in [0.25, 0.3) is 5.91 Å². The fraction of sp³-hybridized carbons (Fsp3) is 0.391. The van der Waals surface area contributed by atoms with Crippen LogP contribution in [0.5, 0.6) is 0 Å². The number of ether oxygens (including phenoxy) is 1. The number of benzene rings is 1. The first-order chi connectivity index (χ1) is 16.0. The molecule has 2 fully saturated rings. The molecule has 1 saturated heterocycles. The normalized spacial score (nSPS) is 16.3. The molecule has 1 saturated carbocycles. The average Bonchev–Trinajstić information content (AvgIpc) is 3.53. The molecule has 33 heavy (non-hydrogen) atoms. The number of hydroxylamine groups is 1. The Labute approximate surface area is 201 Å². The summed E-state index contributed by atoms with van der Waals surface area (Å²) >= 11 is 13.3. The van der Waals surface area contributed by atoms with Crippen LogP contribution in [0.3, 0.4) is 0 Å². The molecule has 0 radical (unpaired) electrons. The Morgan fingerprint density at radius 2 is 2.06 bits per heavy atom. The Bertz CT molecular complexity index is 1190. The number of amides is 1. The maximum absolute atomic E-state index is 13.2. The van der Waals surface area contributed by atoms with Gasteiger partial charge < -0.3 is 15.0 Å². The summed E-state index contributed by atoms with van der Waals surface area (Å²) < 4.78 is 7.31. The molecule has 174 valence electrons. The molecule has 1 amide bonds. The number of nitrogens with one attached hydrogen (secondary N) is 2. The smallest absolute Gasteiger partial charge is 0.278 e. The van der Waals surface area contributed by atoms with E-state index in [1.165, 1.54) is 0 Å². The van der Waals surface area contributed by atoms with Crippen LogP contribution in [0.25, 0.3) is 5.65 Å². The molecular formula is C23H25Cl2N5O3. The minimum Gasteiger partial charge on any atom is -0.378 e. The maximum atomic E-state index is 13.2. The van der Waals surface area contributed by atoms with Crippen molar-refractivity contribution in [3.8, 4) is 0 Å². The maximum Gasteiger partial charge on any atom is 0.278 e. The zero-order chi connectivity index (χ0) is 22.9. The Morgan fingerprint density at radius 1 is 1.27 bits per heavy atom. The van der Waals surface area contributed by atoms with Crippen molar-refractivity contribution < 1.29 is 14.4 Å². The van der Waals surface area contributed by atoms with Gasteiger partial charge in [0.15, 0.2) is 5.65 Å². The van der Waals surface area contributed by atoms with E-state index in [1.807, 2.05) is 29.5 Å². The third kappa shape index (κ3) is 4.75. The number of morpholine rings is 1. The van der Waals surface area contributed by atoms with E-state index in [1.54, 1.807) is 12.4 Å². The molecule has 1 aromatic carbocycles. The average molecular weight is 490 g/mol. The third-order valence-electron chi connectivity index (χ3n) is 5.87. The molecule has 3 heterocycles. The highest BCUT2D eigenvalue weighted by molar-refractivity contribution is 6.38. The van der Waals surface area contributed by atoms with Crippen LogP contribution in [-0.2, 0) is 9.57 Å². The molecule has 8 nitrogen and oxygen atoms in total. The molecule has 3 aromatic rings. The summed E-state index contributed by atoms with van der Waals surface area (Å²) in [5, 5.41) is 4.09. The van der Waals surface area contributed by atoms with E-state index in [-0.39, 0.29) is 0 Å². The van der Waals surface area contributed by atoms with Crippen molar-refractivity contribution in [2.24, 2.45) is 5.92 Å². The van der Waals surface area contributed by atoms with E-state index in [9.17, 15) is 4.79 Å². The number of hydrogen-bond donors (Lipinski definition) is 2. The first-order valence-electron chi connectivity index (χ1n) is 11.0. The van der Waals surface area contributed by atoms with Crippen LogP contribution in [0.4, 0.5) is 17.2 Å². The summed E-state index contributed by atoms with van der Waals surface area (Å²) in [7, 11) is 0. The summed E-state index contributed by atoms with van der Waals surface area (Å²) in [5.74, 6) is 0.969. The zero-order valence-electron chi connectivity index (χ0n) is 18.2. The highest BCUT2D eigenvalue weighted by atomic mass is 35.5. The van der Waals surface area contributed by atoms with E-state index in [2.05, 4.69) is 20.7 Å². The lowest BCUT2D eigenvalue weighted by atomic mass is 10.2. The number of halogens is 2. The van der Waals surface area contributed by atoms with Gasteiger partial charge in [0.1, 0.15) is 10.8 Å². The molecule has 1 aliphatic carbocycles. The fourth-order valence-electron chi connectivity index (χ4n) is 3.81. The van der Waals surface area contributed by atoms with Gasteiger partial charge in [-0.3, -0.25) is 14.0 Å². The van der Waals surface area contributed by atoms with Crippen molar-refractivity contribution >= 4 is 51.9 Å². The van der Waals surface area contributed by atoms with Crippen molar-refractivity contribution in [3.05, 3.63) is 51.8 Å². The van der Waals surface area contributed by atoms with Gasteiger partial charge in [-0.05, 0) is 43.4 Å². The Kier molecular flexibility index (Phi) is 6.34. The van der Waals surface area contributed by atoms with Crippen LogP contribution in [0.1, 0.15) is 28.8 Å². The molecular weight excluding hydrogens is 465 g/mol. The van der Waals surface area contributed by atoms with Gasteiger partial charge in [-0.1, -0.05) is 29.3 Å². The second kappa shape index (κ2) is 9.38. The molecule has 2 aliphatic rings. The minimum atomic E-state index is -0.396. The summed E-state index contributed by atoms with van der Waals surface area (Å²) in [6, 6.07) is 5.64. The van der Waals surface area contributed by atoms with Crippen LogP contribution < -0.4 is 15.7 Å². The quantitative estimate of drug-likeness (QED) is 0.472. The molecule has 0 atom stereocenters. The summed E-state index contributed by atoms with van der Waals surface area (Å²) in [4.78, 5) is 25.3. The van der Waals surface area contributed by atoms with Gasteiger partial charge in [-0.25, -0.2) is 10.5 Å². The Morgan fingerprint density at radius 3 is 2.79 bits per heavy atom. The monoisotopic (exact) mass is 489 g/mol. The Balaban J connectivity index is 1.55. The topological polar surface area (TPSA) is 80.1 Å². The van der Waals surface area contributed by atoms with Crippen molar-refractivity contribution in [2.75, 3.05) is 43.1 Å². The van der Waals surface area contributed by atoms with Crippen molar-refractivity contribution in [1.82, 2.24) is 14.9 Å². The van der Waals surface area contributed by atoms with Gasteiger partial charge in [-0.2, -0.15) is 0 Å². The van der Waals surface area contributed by atoms with E-state index in [0.717, 1.165) is 37.3 Å². The molecule has 0 unspecified atom stereocenters. The van der Waals surface area contributed by atoms with E-state index in [0.29, 0.717) is 58.4 Å². The zero-order valence-corrected chi connectivity index (χ0v) is 19.7. The number of rotatable bonds is 7. The van der Waals surface area contributed by atoms with E-state index >= 15 is 0 Å². The number of carbonyl (C=O) groups is 1. The van der Waals surface area contributed by atoms with Crippen molar-refractivity contribution in [3.63, 3.8) is 0 Å². The van der Waals surface area contributed by atoms with Crippen LogP contribution >= 0.6 is 23.2 Å². The van der Waals surface area contributed by atoms with Crippen LogP contribution in [-0.4, -0.2) is 48.2 Å². The van der Waals surface area contributed by atoms with Crippen LogP contribution in [0.15, 0.2) is 30.6 Å². The van der Waals surface area contributed by atoms with Gasteiger partial charge in [0.2, 0.25) is 0 Å². The highest BCUT2D eigenvalue weighted by Crippen LogP contribution is 2.37. The lowest BCUT2D eigenvalue weighted by Gasteiger charge is -2.28. The third-order valence-corrected chi connectivity index (χ3v) is 6.54.